The molecule has 0 amide bonds. The van der Waals surface area contributed by atoms with Crippen LogP contribution in [0.1, 0.15) is 271 Å². The molecule has 0 spiro atoms. The van der Waals surface area contributed by atoms with Crippen LogP contribution >= 0.6 is 7.82 Å². The van der Waals surface area contributed by atoms with Gasteiger partial charge in [-0.2, -0.15) is 0 Å². The summed E-state index contributed by atoms with van der Waals surface area (Å²) in [6.07, 6.45) is 52.5. The maximum atomic E-state index is 12.7. The lowest BCUT2D eigenvalue weighted by Crippen LogP contribution is -2.29. The second-order valence-corrected chi connectivity index (χ2v) is 19.2. The van der Waals surface area contributed by atoms with Crippen molar-refractivity contribution in [3.05, 3.63) is 12.2 Å². The highest BCUT2D eigenvalue weighted by atomic mass is 31.2. The van der Waals surface area contributed by atoms with E-state index in [4.69, 9.17) is 24.3 Å². The molecule has 0 aromatic heterocycles. The zero-order chi connectivity index (χ0) is 44.6. The molecule has 0 aliphatic carbocycles. The predicted molar refractivity (Wildman–Crippen MR) is 257 cm³/mol. The maximum Gasteiger partial charge on any atom is 0.472 e. The van der Waals surface area contributed by atoms with E-state index in [1.807, 2.05) is 0 Å². The molecule has 0 saturated heterocycles. The molecule has 10 heteroatoms. The largest absolute Gasteiger partial charge is 0.472 e. The second-order valence-electron chi connectivity index (χ2n) is 17.8. The number of allylic oxidation sites excluding steroid dienone is 2. The summed E-state index contributed by atoms with van der Waals surface area (Å²) in [5.41, 5.74) is 5.37. The molecule has 0 aliphatic rings. The minimum absolute atomic E-state index is 0.0566. The molecule has 0 aliphatic heterocycles. The number of phosphoric ester groups is 1. The van der Waals surface area contributed by atoms with Gasteiger partial charge in [0.25, 0.3) is 0 Å². The fourth-order valence-corrected chi connectivity index (χ4v) is 8.52. The van der Waals surface area contributed by atoms with Gasteiger partial charge in [0, 0.05) is 19.4 Å². The normalized spacial score (nSPS) is 13.2. The van der Waals surface area contributed by atoms with Gasteiger partial charge < -0.3 is 20.1 Å². The van der Waals surface area contributed by atoms with Crippen molar-refractivity contribution < 1.29 is 37.6 Å². The highest BCUT2D eigenvalue weighted by Gasteiger charge is 2.26. The monoisotopic (exact) mass is 886 g/mol. The molecule has 2 atom stereocenters. The molecular formula is C51H100NO8P. The molecule has 1 unspecified atom stereocenters. The van der Waals surface area contributed by atoms with Gasteiger partial charge in [0.05, 0.1) is 13.2 Å². The molecular weight excluding hydrogens is 786 g/mol. The van der Waals surface area contributed by atoms with E-state index in [1.165, 1.54) is 205 Å². The average molecular weight is 886 g/mol. The highest BCUT2D eigenvalue weighted by molar-refractivity contribution is 7.47. The Morgan fingerprint density at radius 2 is 0.803 bits per heavy atom. The summed E-state index contributed by atoms with van der Waals surface area (Å²) in [7, 11) is -4.38. The molecule has 362 valence electrons. The SMILES string of the molecule is CCCCCCCC/C=C\CCCCCCCCCCCCCC(=O)O[C@H](COC(=O)CCCCCCCCCCCCCCCCCCCCC)COP(=O)(O)OCCN. The number of hydrogen-bond donors (Lipinski definition) is 2. The van der Waals surface area contributed by atoms with E-state index in [0.717, 1.165) is 32.1 Å². The van der Waals surface area contributed by atoms with Gasteiger partial charge in [-0.3, -0.25) is 18.6 Å². The first-order valence-corrected chi connectivity index (χ1v) is 27.7. The molecule has 0 bridgehead atoms. The molecule has 3 N–H and O–H groups in total. The summed E-state index contributed by atoms with van der Waals surface area (Å²) in [6, 6.07) is 0. The van der Waals surface area contributed by atoms with Crippen LogP contribution in [0.5, 0.6) is 0 Å². The van der Waals surface area contributed by atoms with Crippen LogP contribution in [0.15, 0.2) is 12.2 Å². The number of nitrogens with two attached hydrogens (primary N) is 1. The highest BCUT2D eigenvalue weighted by Crippen LogP contribution is 2.43. The number of esters is 2. The number of carbonyl (C=O) groups is 2. The standard InChI is InChI=1S/C51H100NO8P/c1-3-5-7-9-11-13-15-17-19-21-23-24-26-28-30-32-34-36-38-40-42-44-51(54)60-49(48-59-61(55,56)58-46-45-52)47-57-50(53)43-41-39-37-35-33-31-29-27-25-22-20-18-16-14-12-10-8-6-4-2/h17,19,49H,3-16,18,20-48,52H2,1-2H3,(H,55,56)/b19-17-/t49-/m1/s1. The van der Waals surface area contributed by atoms with Crippen LogP contribution < -0.4 is 5.73 Å². The van der Waals surface area contributed by atoms with Gasteiger partial charge >= 0.3 is 19.8 Å². The first-order valence-electron chi connectivity index (χ1n) is 26.2. The topological polar surface area (TPSA) is 134 Å². The van der Waals surface area contributed by atoms with Crippen LogP contribution in [0.25, 0.3) is 0 Å². The predicted octanol–water partition coefficient (Wildman–Crippen LogP) is 15.7. The van der Waals surface area contributed by atoms with Crippen molar-refractivity contribution in [1.29, 1.82) is 0 Å². The Balaban J connectivity index is 4.00. The third-order valence-electron chi connectivity index (χ3n) is 11.7. The Hall–Kier alpha value is -1.25. The van der Waals surface area contributed by atoms with E-state index in [0.29, 0.717) is 6.42 Å². The van der Waals surface area contributed by atoms with Crippen molar-refractivity contribution in [3.63, 3.8) is 0 Å². The summed E-state index contributed by atoms with van der Waals surface area (Å²) in [4.78, 5) is 35.1. The van der Waals surface area contributed by atoms with E-state index in [9.17, 15) is 19.0 Å². The molecule has 0 heterocycles. The Bertz CT molecular complexity index is 1010. The fourth-order valence-electron chi connectivity index (χ4n) is 7.75. The quantitative estimate of drug-likeness (QED) is 0.0265. The van der Waals surface area contributed by atoms with Gasteiger partial charge in [0.2, 0.25) is 0 Å². The Labute approximate surface area is 377 Å². The van der Waals surface area contributed by atoms with E-state index in [-0.39, 0.29) is 38.6 Å². The maximum absolute atomic E-state index is 12.7. The van der Waals surface area contributed by atoms with Crippen molar-refractivity contribution in [3.8, 4) is 0 Å². The lowest BCUT2D eigenvalue weighted by atomic mass is 10.0. The van der Waals surface area contributed by atoms with Crippen molar-refractivity contribution >= 4 is 19.8 Å². The van der Waals surface area contributed by atoms with Gasteiger partial charge in [-0.05, 0) is 38.5 Å². The van der Waals surface area contributed by atoms with Gasteiger partial charge in [-0.15, -0.1) is 0 Å². The van der Waals surface area contributed by atoms with E-state index >= 15 is 0 Å². The zero-order valence-electron chi connectivity index (χ0n) is 40.2. The Morgan fingerprint density at radius 1 is 0.475 bits per heavy atom. The Kier molecular flexibility index (Phi) is 47.2. The molecule has 61 heavy (non-hydrogen) atoms. The molecule has 0 aromatic rings. The number of ether oxygens (including phenoxy) is 2. The number of carbonyl (C=O) groups excluding carboxylic acids is 2. The minimum Gasteiger partial charge on any atom is -0.462 e. The van der Waals surface area contributed by atoms with Gasteiger partial charge in [-0.1, -0.05) is 231 Å². The van der Waals surface area contributed by atoms with Gasteiger partial charge in [-0.25, -0.2) is 4.57 Å². The third kappa shape index (κ3) is 48.1. The van der Waals surface area contributed by atoms with Crippen LogP contribution in [0, 0.1) is 0 Å². The van der Waals surface area contributed by atoms with Gasteiger partial charge in [0.1, 0.15) is 6.61 Å². The molecule has 0 radical (unpaired) electrons. The lowest BCUT2D eigenvalue weighted by molar-refractivity contribution is -0.161. The Morgan fingerprint density at radius 3 is 1.16 bits per heavy atom. The average Bonchev–Trinajstić information content (AvgIpc) is 3.25. The summed E-state index contributed by atoms with van der Waals surface area (Å²) in [5.74, 6) is -0.811. The number of rotatable bonds is 50. The first-order chi connectivity index (χ1) is 29.8. The van der Waals surface area contributed by atoms with E-state index in [1.54, 1.807) is 0 Å². The summed E-state index contributed by atoms with van der Waals surface area (Å²) in [6.45, 7) is 3.79. The number of phosphoric acid groups is 1. The summed E-state index contributed by atoms with van der Waals surface area (Å²) in [5, 5.41) is 0. The molecule has 0 rings (SSSR count). The molecule has 0 fully saturated rings. The van der Waals surface area contributed by atoms with Crippen molar-refractivity contribution in [2.24, 2.45) is 5.73 Å². The van der Waals surface area contributed by atoms with Crippen LogP contribution in [-0.2, 0) is 32.7 Å². The summed E-state index contributed by atoms with van der Waals surface area (Å²) < 4.78 is 33.0. The van der Waals surface area contributed by atoms with Crippen molar-refractivity contribution in [2.75, 3.05) is 26.4 Å². The fraction of sp³-hybridized carbons (Fsp3) is 0.922. The van der Waals surface area contributed by atoms with Crippen molar-refractivity contribution in [2.45, 2.75) is 277 Å². The van der Waals surface area contributed by atoms with Crippen LogP contribution in [0.4, 0.5) is 0 Å². The van der Waals surface area contributed by atoms with E-state index in [2.05, 4.69) is 26.0 Å². The molecule has 0 saturated carbocycles. The van der Waals surface area contributed by atoms with Crippen molar-refractivity contribution in [1.82, 2.24) is 0 Å². The third-order valence-corrected chi connectivity index (χ3v) is 12.6. The lowest BCUT2D eigenvalue weighted by Gasteiger charge is -2.19. The minimum atomic E-state index is -4.38. The smallest absolute Gasteiger partial charge is 0.462 e. The first kappa shape index (κ1) is 59.8. The number of hydrogen-bond acceptors (Lipinski definition) is 8. The van der Waals surface area contributed by atoms with Crippen LogP contribution in [0.3, 0.4) is 0 Å². The molecule has 0 aromatic carbocycles. The second kappa shape index (κ2) is 48.2. The molecule has 9 nitrogen and oxygen atoms in total. The van der Waals surface area contributed by atoms with E-state index < -0.39 is 26.5 Å². The van der Waals surface area contributed by atoms with Crippen LogP contribution in [-0.4, -0.2) is 49.3 Å². The zero-order valence-corrected chi connectivity index (χ0v) is 41.1. The van der Waals surface area contributed by atoms with Crippen LogP contribution in [0.2, 0.25) is 0 Å². The summed E-state index contributed by atoms with van der Waals surface area (Å²) >= 11 is 0. The number of unbranched alkanes of at least 4 members (excludes halogenated alkanes) is 35. The van der Waals surface area contributed by atoms with Gasteiger partial charge in [0.15, 0.2) is 6.10 Å².